The zero-order valence-corrected chi connectivity index (χ0v) is 5.90. The molecule has 4 nitrogen and oxygen atoms in total. The van der Waals surface area contributed by atoms with E-state index >= 15 is 0 Å². The Morgan fingerprint density at radius 3 is 2.73 bits per heavy atom. The molecule has 0 aliphatic carbocycles. The summed E-state index contributed by atoms with van der Waals surface area (Å²) < 4.78 is 12.6. The molecule has 0 bridgehead atoms. The van der Waals surface area contributed by atoms with Crippen molar-refractivity contribution in [1.29, 1.82) is 0 Å². The Hall–Kier alpha value is -0.840. The van der Waals surface area contributed by atoms with Crippen molar-refractivity contribution in [2.75, 3.05) is 13.2 Å². The second-order valence-corrected chi connectivity index (χ2v) is 2.60. The molecule has 11 heavy (non-hydrogen) atoms. The lowest BCUT2D eigenvalue weighted by Crippen LogP contribution is -2.36. The standard InChI is InChI=1S/C6H10FNO3/c7-4-1-5(3-9)8(2-4)6(10)11/h4-5,9H,1-3H2,(H,10,11)/t4-,5+/m1/s1. The van der Waals surface area contributed by atoms with Crippen LogP contribution in [-0.2, 0) is 0 Å². The number of amides is 1. The molecule has 0 saturated carbocycles. The smallest absolute Gasteiger partial charge is 0.407 e. The number of aliphatic hydroxyl groups excluding tert-OH is 1. The lowest BCUT2D eigenvalue weighted by atomic mass is 10.2. The van der Waals surface area contributed by atoms with Crippen molar-refractivity contribution in [3.63, 3.8) is 0 Å². The van der Waals surface area contributed by atoms with E-state index in [1.807, 2.05) is 0 Å². The molecule has 1 rings (SSSR count). The predicted molar refractivity (Wildman–Crippen MR) is 35.1 cm³/mol. The van der Waals surface area contributed by atoms with Gasteiger partial charge in [-0.25, -0.2) is 9.18 Å². The molecule has 1 aliphatic rings. The molecule has 2 atom stereocenters. The van der Waals surface area contributed by atoms with Crippen molar-refractivity contribution in [3.05, 3.63) is 0 Å². The first-order chi connectivity index (χ1) is 5.15. The number of halogens is 1. The first kappa shape index (κ1) is 8.26. The van der Waals surface area contributed by atoms with Crippen LogP contribution in [0.2, 0.25) is 0 Å². The highest BCUT2D eigenvalue weighted by Gasteiger charge is 2.34. The molecule has 0 aromatic rings. The third-order valence-corrected chi connectivity index (χ3v) is 1.82. The number of alkyl halides is 1. The third kappa shape index (κ3) is 1.59. The fourth-order valence-electron chi connectivity index (χ4n) is 1.27. The van der Waals surface area contributed by atoms with E-state index in [2.05, 4.69) is 0 Å². The summed E-state index contributed by atoms with van der Waals surface area (Å²) >= 11 is 0. The Morgan fingerprint density at radius 2 is 2.36 bits per heavy atom. The number of aliphatic hydroxyl groups is 1. The average molecular weight is 163 g/mol. The molecule has 0 aromatic heterocycles. The summed E-state index contributed by atoms with van der Waals surface area (Å²) in [5.74, 6) is 0. The predicted octanol–water partition coefficient (Wildman–Crippen LogP) is 0.0691. The van der Waals surface area contributed by atoms with Crippen molar-refractivity contribution in [2.24, 2.45) is 0 Å². The first-order valence-corrected chi connectivity index (χ1v) is 3.39. The number of carbonyl (C=O) groups is 1. The number of hydrogen-bond donors (Lipinski definition) is 2. The van der Waals surface area contributed by atoms with Crippen LogP contribution in [0.15, 0.2) is 0 Å². The summed E-state index contributed by atoms with van der Waals surface area (Å²) in [5.41, 5.74) is 0. The second-order valence-electron chi connectivity index (χ2n) is 2.60. The molecule has 1 heterocycles. The second kappa shape index (κ2) is 3.04. The maximum absolute atomic E-state index is 12.6. The minimum atomic E-state index is -1.16. The van der Waals surface area contributed by atoms with E-state index < -0.39 is 18.3 Å². The lowest BCUT2D eigenvalue weighted by molar-refractivity contribution is 0.117. The molecular weight excluding hydrogens is 153 g/mol. The summed E-state index contributed by atoms with van der Waals surface area (Å²) in [6, 6.07) is -0.553. The van der Waals surface area contributed by atoms with E-state index in [-0.39, 0.29) is 19.6 Å². The van der Waals surface area contributed by atoms with Gasteiger partial charge in [-0.3, -0.25) is 0 Å². The van der Waals surface area contributed by atoms with Gasteiger partial charge in [-0.1, -0.05) is 0 Å². The van der Waals surface area contributed by atoms with Crippen molar-refractivity contribution in [3.8, 4) is 0 Å². The van der Waals surface area contributed by atoms with Gasteiger partial charge in [0.1, 0.15) is 6.17 Å². The van der Waals surface area contributed by atoms with Crippen LogP contribution < -0.4 is 0 Å². The third-order valence-electron chi connectivity index (χ3n) is 1.82. The summed E-state index contributed by atoms with van der Waals surface area (Å²) in [6.07, 6.45) is -2.17. The summed E-state index contributed by atoms with van der Waals surface area (Å²) in [4.78, 5) is 11.3. The van der Waals surface area contributed by atoms with Gasteiger partial charge in [0.2, 0.25) is 0 Å². The van der Waals surface area contributed by atoms with E-state index in [4.69, 9.17) is 10.2 Å². The fourth-order valence-corrected chi connectivity index (χ4v) is 1.27. The molecule has 0 aromatic carbocycles. The molecule has 2 N–H and O–H groups in total. The van der Waals surface area contributed by atoms with Gasteiger partial charge < -0.3 is 15.1 Å². The molecule has 0 unspecified atom stereocenters. The van der Waals surface area contributed by atoms with Crippen LogP contribution in [0.4, 0.5) is 9.18 Å². The largest absolute Gasteiger partial charge is 0.465 e. The highest BCUT2D eigenvalue weighted by atomic mass is 19.1. The molecule has 0 spiro atoms. The minimum absolute atomic E-state index is 0.111. The maximum Gasteiger partial charge on any atom is 0.407 e. The number of carboxylic acid groups (broad SMARTS) is 1. The van der Waals surface area contributed by atoms with Gasteiger partial charge in [-0.2, -0.15) is 0 Å². The monoisotopic (exact) mass is 163 g/mol. The Labute approximate surface area is 63.2 Å². The molecular formula is C6H10FNO3. The maximum atomic E-state index is 12.6. The van der Waals surface area contributed by atoms with Gasteiger partial charge in [0.15, 0.2) is 0 Å². The van der Waals surface area contributed by atoms with Crippen LogP contribution in [0.5, 0.6) is 0 Å². The van der Waals surface area contributed by atoms with Crippen molar-refractivity contribution >= 4 is 6.09 Å². The Balaban J connectivity index is 2.57. The zero-order chi connectivity index (χ0) is 8.43. The molecule has 1 amide bonds. The molecule has 5 heteroatoms. The number of nitrogens with zero attached hydrogens (tertiary/aromatic N) is 1. The highest BCUT2D eigenvalue weighted by Crippen LogP contribution is 2.19. The van der Waals surface area contributed by atoms with Crippen LogP contribution in [-0.4, -0.2) is 46.6 Å². The van der Waals surface area contributed by atoms with Crippen LogP contribution in [0.1, 0.15) is 6.42 Å². The normalized spacial score (nSPS) is 30.9. The van der Waals surface area contributed by atoms with Gasteiger partial charge in [0, 0.05) is 6.42 Å². The van der Waals surface area contributed by atoms with Crippen molar-refractivity contribution in [2.45, 2.75) is 18.6 Å². The molecule has 1 saturated heterocycles. The summed E-state index contributed by atoms with van der Waals surface area (Å²) in [7, 11) is 0. The van der Waals surface area contributed by atoms with Crippen LogP contribution in [0.25, 0.3) is 0 Å². The minimum Gasteiger partial charge on any atom is -0.465 e. The van der Waals surface area contributed by atoms with Gasteiger partial charge in [-0.15, -0.1) is 0 Å². The Bertz CT molecular complexity index is 164. The van der Waals surface area contributed by atoms with E-state index in [0.717, 1.165) is 4.90 Å². The quantitative estimate of drug-likeness (QED) is 0.575. The van der Waals surface area contributed by atoms with E-state index in [1.54, 1.807) is 0 Å². The highest BCUT2D eigenvalue weighted by molar-refractivity contribution is 5.66. The SMILES string of the molecule is O=C(O)N1C[C@H](F)C[C@H]1CO. The number of hydrogen-bond acceptors (Lipinski definition) is 2. The Kier molecular flexibility index (Phi) is 2.28. The van der Waals surface area contributed by atoms with Crippen LogP contribution in [0.3, 0.4) is 0 Å². The summed E-state index contributed by atoms with van der Waals surface area (Å²) in [6.45, 7) is -0.409. The van der Waals surface area contributed by atoms with E-state index in [9.17, 15) is 9.18 Å². The van der Waals surface area contributed by atoms with Crippen molar-refractivity contribution in [1.82, 2.24) is 4.90 Å². The number of likely N-dealkylation sites (tertiary alicyclic amines) is 1. The molecule has 64 valence electrons. The lowest BCUT2D eigenvalue weighted by Gasteiger charge is -2.17. The zero-order valence-electron chi connectivity index (χ0n) is 5.90. The van der Waals surface area contributed by atoms with Crippen LogP contribution in [0, 0.1) is 0 Å². The van der Waals surface area contributed by atoms with E-state index in [1.165, 1.54) is 0 Å². The topological polar surface area (TPSA) is 60.8 Å². The van der Waals surface area contributed by atoms with E-state index in [0.29, 0.717) is 0 Å². The van der Waals surface area contributed by atoms with Crippen molar-refractivity contribution < 1.29 is 19.4 Å². The molecule has 1 fully saturated rings. The number of rotatable bonds is 1. The van der Waals surface area contributed by atoms with Gasteiger partial charge in [-0.05, 0) is 0 Å². The van der Waals surface area contributed by atoms with Gasteiger partial charge >= 0.3 is 6.09 Å². The Morgan fingerprint density at radius 1 is 1.73 bits per heavy atom. The fraction of sp³-hybridized carbons (Fsp3) is 0.833. The van der Waals surface area contributed by atoms with Gasteiger partial charge in [0.05, 0.1) is 19.2 Å². The van der Waals surface area contributed by atoms with Gasteiger partial charge in [0.25, 0.3) is 0 Å². The molecule has 0 radical (unpaired) electrons. The first-order valence-electron chi connectivity index (χ1n) is 3.39. The average Bonchev–Trinajstić information content (AvgIpc) is 2.30. The summed E-state index contributed by atoms with van der Waals surface area (Å²) in [5, 5.41) is 17.1. The van der Waals surface area contributed by atoms with Crippen LogP contribution >= 0.6 is 0 Å². The molecule has 1 aliphatic heterocycles.